The zero-order valence-electron chi connectivity index (χ0n) is 9.82. The SMILES string of the molecule is O=C(CNC1CCCC1)N[C@@H](CCO)C(=O)O. The Balaban J connectivity index is 2.23. The van der Waals surface area contributed by atoms with Crippen molar-refractivity contribution in [3.63, 3.8) is 0 Å². The van der Waals surface area contributed by atoms with Gasteiger partial charge in [0.2, 0.25) is 5.91 Å². The van der Waals surface area contributed by atoms with Crippen LogP contribution < -0.4 is 10.6 Å². The van der Waals surface area contributed by atoms with Crippen molar-refractivity contribution in [2.75, 3.05) is 13.2 Å². The first-order valence-electron chi connectivity index (χ1n) is 6.00. The largest absolute Gasteiger partial charge is 0.480 e. The Labute approximate surface area is 100 Å². The van der Waals surface area contributed by atoms with E-state index in [4.69, 9.17) is 10.2 Å². The van der Waals surface area contributed by atoms with E-state index in [9.17, 15) is 9.59 Å². The predicted octanol–water partition coefficient (Wildman–Crippen LogP) is -0.530. The molecule has 6 nitrogen and oxygen atoms in total. The van der Waals surface area contributed by atoms with E-state index in [-0.39, 0.29) is 25.5 Å². The molecule has 1 saturated carbocycles. The molecule has 0 aromatic carbocycles. The summed E-state index contributed by atoms with van der Waals surface area (Å²) in [6.07, 6.45) is 4.55. The third-order valence-electron chi connectivity index (χ3n) is 2.96. The van der Waals surface area contributed by atoms with Gasteiger partial charge in [-0.1, -0.05) is 12.8 Å². The van der Waals surface area contributed by atoms with E-state index in [1.54, 1.807) is 0 Å². The van der Waals surface area contributed by atoms with E-state index < -0.39 is 12.0 Å². The summed E-state index contributed by atoms with van der Waals surface area (Å²) in [7, 11) is 0. The van der Waals surface area contributed by atoms with Gasteiger partial charge in [0.05, 0.1) is 6.54 Å². The lowest BCUT2D eigenvalue weighted by Crippen LogP contribution is -2.46. The molecule has 1 fully saturated rings. The number of carbonyl (C=O) groups is 2. The maximum Gasteiger partial charge on any atom is 0.326 e. The van der Waals surface area contributed by atoms with Crippen LogP contribution in [0.25, 0.3) is 0 Å². The zero-order valence-corrected chi connectivity index (χ0v) is 9.82. The van der Waals surface area contributed by atoms with Gasteiger partial charge >= 0.3 is 5.97 Å². The summed E-state index contributed by atoms with van der Waals surface area (Å²) in [5.74, 6) is -1.45. The Morgan fingerprint density at radius 2 is 1.94 bits per heavy atom. The molecule has 0 bridgehead atoms. The number of nitrogens with one attached hydrogen (secondary N) is 2. The molecule has 4 N–H and O–H groups in total. The van der Waals surface area contributed by atoms with Gasteiger partial charge in [0, 0.05) is 19.1 Å². The number of hydrogen-bond donors (Lipinski definition) is 4. The van der Waals surface area contributed by atoms with Gasteiger partial charge in [-0.2, -0.15) is 0 Å². The van der Waals surface area contributed by atoms with E-state index in [1.807, 2.05) is 0 Å². The van der Waals surface area contributed by atoms with E-state index in [1.165, 1.54) is 12.8 Å². The number of rotatable bonds is 7. The second kappa shape index (κ2) is 7.24. The number of aliphatic hydroxyl groups is 1. The van der Waals surface area contributed by atoms with Gasteiger partial charge in [0.25, 0.3) is 0 Å². The van der Waals surface area contributed by atoms with Crippen molar-refractivity contribution in [3.05, 3.63) is 0 Å². The van der Waals surface area contributed by atoms with Crippen LogP contribution >= 0.6 is 0 Å². The van der Waals surface area contributed by atoms with Crippen molar-refractivity contribution in [1.82, 2.24) is 10.6 Å². The monoisotopic (exact) mass is 244 g/mol. The molecule has 0 saturated heterocycles. The Kier molecular flexibility index (Phi) is 5.93. The van der Waals surface area contributed by atoms with Crippen molar-refractivity contribution in [2.45, 2.75) is 44.2 Å². The predicted molar refractivity (Wildman–Crippen MR) is 61.5 cm³/mol. The lowest BCUT2D eigenvalue weighted by molar-refractivity contribution is -0.142. The topological polar surface area (TPSA) is 98.7 Å². The van der Waals surface area contributed by atoms with E-state index in [0.29, 0.717) is 6.04 Å². The quantitative estimate of drug-likeness (QED) is 0.482. The fraction of sp³-hybridized carbons (Fsp3) is 0.818. The van der Waals surface area contributed by atoms with Crippen molar-refractivity contribution in [1.29, 1.82) is 0 Å². The third-order valence-corrected chi connectivity index (χ3v) is 2.96. The normalized spacial score (nSPS) is 17.9. The van der Waals surface area contributed by atoms with Crippen molar-refractivity contribution >= 4 is 11.9 Å². The van der Waals surface area contributed by atoms with Crippen LogP contribution in [0.5, 0.6) is 0 Å². The first-order valence-corrected chi connectivity index (χ1v) is 6.00. The Hall–Kier alpha value is -1.14. The van der Waals surface area contributed by atoms with Gasteiger partial charge < -0.3 is 20.8 Å². The number of carbonyl (C=O) groups excluding carboxylic acids is 1. The highest BCUT2D eigenvalue weighted by molar-refractivity contribution is 5.84. The fourth-order valence-corrected chi connectivity index (χ4v) is 2.00. The molecule has 0 unspecified atom stereocenters. The molecule has 0 aliphatic heterocycles. The molecule has 1 amide bonds. The molecule has 1 aliphatic rings. The molecule has 0 aromatic heterocycles. The van der Waals surface area contributed by atoms with Gasteiger partial charge in [0.1, 0.15) is 6.04 Å². The van der Waals surface area contributed by atoms with Gasteiger partial charge in [-0.3, -0.25) is 4.79 Å². The molecule has 1 atom stereocenters. The number of carboxylic acids is 1. The lowest BCUT2D eigenvalue weighted by Gasteiger charge is -2.15. The average molecular weight is 244 g/mol. The number of aliphatic hydroxyl groups excluding tert-OH is 1. The van der Waals surface area contributed by atoms with Crippen LogP contribution in [0.1, 0.15) is 32.1 Å². The van der Waals surface area contributed by atoms with Crippen LogP contribution in [0, 0.1) is 0 Å². The lowest BCUT2D eigenvalue weighted by atomic mass is 10.2. The standard InChI is InChI=1S/C11H20N2O4/c14-6-5-9(11(16)17)13-10(15)7-12-8-3-1-2-4-8/h8-9,12,14H,1-7H2,(H,13,15)(H,16,17)/t9-/m0/s1. The Bertz CT molecular complexity index is 264. The van der Waals surface area contributed by atoms with Crippen molar-refractivity contribution in [3.8, 4) is 0 Å². The van der Waals surface area contributed by atoms with Crippen molar-refractivity contribution < 1.29 is 19.8 Å². The summed E-state index contributed by atoms with van der Waals surface area (Å²) in [5.41, 5.74) is 0. The second-order valence-electron chi connectivity index (χ2n) is 4.33. The highest BCUT2D eigenvalue weighted by Gasteiger charge is 2.20. The van der Waals surface area contributed by atoms with E-state index >= 15 is 0 Å². The van der Waals surface area contributed by atoms with Crippen LogP contribution in [-0.4, -0.2) is 47.3 Å². The van der Waals surface area contributed by atoms with E-state index in [2.05, 4.69) is 10.6 Å². The first-order chi connectivity index (χ1) is 8.13. The number of aliphatic carboxylic acids is 1. The molecule has 6 heteroatoms. The fourth-order valence-electron chi connectivity index (χ4n) is 2.00. The molecular formula is C11H20N2O4. The molecule has 17 heavy (non-hydrogen) atoms. The minimum Gasteiger partial charge on any atom is -0.480 e. The minimum atomic E-state index is -1.12. The highest BCUT2D eigenvalue weighted by atomic mass is 16.4. The molecule has 0 aromatic rings. The first kappa shape index (κ1) is 13.9. The second-order valence-corrected chi connectivity index (χ2v) is 4.33. The van der Waals surface area contributed by atoms with Crippen LogP contribution in [-0.2, 0) is 9.59 Å². The average Bonchev–Trinajstić information content (AvgIpc) is 2.78. The van der Waals surface area contributed by atoms with Crippen molar-refractivity contribution in [2.24, 2.45) is 0 Å². The third kappa shape index (κ3) is 5.14. The minimum absolute atomic E-state index is 0.0322. The number of hydrogen-bond acceptors (Lipinski definition) is 4. The molecule has 1 rings (SSSR count). The van der Waals surface area contributed by atoms with Crippen LogP contribution in [0.4, 0.5) is 0 Å². The summed E-state index contributed by atoms with van der Waals surface area (Å²) in [6, 6.07) is -0.625. The van der Waals surface area contributed by atoms with Gasteiger partial charge in [-0.25, -0.2) is 4.79 Å². The Morgan fingerprint density at radius 1 is 1.29 bits per heavy atom. The number of carboxylic acid groups (broad SMARTS) is 1. The van der Waals surface area contributed by atoms with Gasteiger partial charge in [-0.15, -0.1) is 0 Å². The maximum absolute atomic E-state index is 11.5. The summed E-state index contributed by atoms with van der Waals surface area (Å²) < 4.78 is 0. The summed E-state index contributed by atoms with van der Waals surface area (Å²) in [6.45, 7) is -0.118. The number of amides is 1. The van der Waals surface area contributed by atoms with Gasteiger partial charge in [-0.05, 0) is 12.8 Å². The molecule has 1 aliphatic carbocycles. The molecular weight excluding hydrogens is 224 g/mol. The highest BCUT2D eigenvalue weighted by Crippen LogP contribution is 2.17. The summed E-state index contributed by atoms with van der Waals surface area (Å²) in [5, 5.41) is 22.9. The smallest absolute Gasteiger partial charge is 0.326 e. The van der Waals surface area contributed by atoms with Crippen LogP contribution in [0.2, 0.25) is 0 Å². The molecule has 0 spiro atoms. The van der Waals surface area contributed by atoms with Gasteiger partial charge in [0.15, 0.2) is 0 Å². The maximum atomic E-state index is 11.5. The molecule has 0 heterocycles. The Morgan fingerprint density at radius 3 is 2.47 bits per heavy atom. The van der Waals surface area contributed by atoms with Crippen LogP contribution in [0.15, 0.2) is 0 Å². The molecule has 0 radical (unpaired) electrons. The van der Waals surface area contributed by atoms with Crippen LogP contribution in [0.3, 0.4) is 0 Å². The molecule has 98 valence electrons. The summed E-state index contributed by atoms with van der Waals surface area (Å²) >= 11 is 0. The zero-order chi connectivity index (χ0) is 12.7. The van der Waals surface area contributed by atoms with E-state index in [0.717, 1.165) is 12.8 Å². The summed E-state index contributed by atoms with van der Waals surface area (Å²) in [4.78, 5) is 22.2.